The van der Waals surface area contributed by atoms with E-state index in [0.717, 1.165) is 44.2 Å². The molecule has 6 nitrogen and oxygen atoms in total. The molecule has 2 unspecified atom stereocenters. The van der Waals surface area contributed by atoms with Crippen molar-refractivity contribution in [2.24, 2.45) is 4.99 Å². The van der Waals surface area contributed by atoms with Crippen molar-refractivity contribution in [1.29, 1.82) is 0 Å². The van der Waals surface area contributed by atoms with E-state index >= 15 is 0 Å². The Morgan fingerprint density at radius 2 is 2.12 bits per heavy atom. The number of aliphatic imine (C=N–C) groups is 1. The van der Waals surface area contributed by atoms with Gasteiger partial charge in [0.1, 0.15) is 5.75 Å². The molecular weight excluding hydrogens is 328 g/mol. The minimum absolute atomic E-state index is 0.221. The molecule has 6 heteroatoms. The summed E-state index contributed by atoms with van der Waals surface area (Å²) in [6.45, 7) is 6.59. The fourth-order valence-corrected chi connectivity index (χ4v) is 3.11. The van der Waals surface area contributed by atoms with Crippen LogP contribution in [0.1, 0.15) is 44.6 Å². The van der Waals surface area contributed by atoms with Gasteiger partial charge in [-0.15, -0.1) is 0 Å². The number of methoxy groups -OCH3 is 1. The normalized spacial score (nSPS) is 19.2. The monoisotopic (exact) mass is 360 g/mol. The minimum Gasteiger partial charge on any atom is -0.497 e. The van der Waals surface area contributed by atoms with E-state index in [1.165, 1.54) is 5.56 Å². The Bertz CT molecular complexity index is 600. The van der Waals surface area contributed by atoms with Gasteiger partial charge in [0, 0.05) is 39.1 Å². The second-order valence-electron chi connectivity index (χ2n) is 6.88. The molecule has 2 atom stereocenters. The van der Waals surface area contributed by atoms with Gasteiger partial charge in [-0.05, 0) is 43.4 Å². The Hall–Kier alpha value is -2.24. The van der Waals surface area contributed by atoms with Crippen LogP contribution in [0.4, 0.5) is 0 Å². The number of benzene rings is 1. The second-order valence-corrected chi connectivity index (χ2v) is 6.88. The largest absolute Gasteiger partial charge is 0.497 e. The quantitative estimate of drug-likeness (QED) is 0.579. The van der Waals surface area contributed by atoms with Crippen molar-refractivity contribution in [2.45, 2.75) is 45.1 Å². The van der Waals surface area contributed by atoms with E-state index in [9.17, 15) is 4.79 Å². The number of guanidine groups is 1. The fraction of sp³-hybridized carbons (Fsp3) is 0.600. The third kappa shape index (κ3) is 5.93. The average Bonchev–Trinajstić information content (AvgIpc) is 2.65. The molecule has 1 aliphatic rings. The predicted molar refractivity (Wildman–Crippen MR) is 106 cm³/mol. The van der Waals surface area contributed by atoms with E-state index in [4.69, 9.17) is 9.73 Å². The highest BCUT2D eigenvalue weighted by molar-refractivity contribution is 5.81. The SMILES string of the molecule is CCNC(=NCCC(C)c1ccc(OC)cc1)NC1CCC(=O)N(C)C1. The summed E-state index contributed by atoms with van der Waals surface area (Å²) in [5.41, 5.74) is 1.30. The molecule has 0 saturated carbocycles. The lowest BCUT2D eigenvalue weighted by molar-refractivity contribution is -0.132. The molecule has 1 heterocycles. The number of hydrogen-bond acceptors (Lipinski definition) is 3. The zero-order chi connectivity index (χ0) is 18.9. The second kappa shape index (κ2) is 10.0. The number of nitrogens with zero attached hydrogens (tertiary/aromatic N) is 2. The summed E-state index contributed by atoms with van der Waals surface area (Å²) in [5, 5.41) is 6.77. The molecule has 1 amide bonds. The van der Waals surface area contributed by atoms with Gasteiger partial charge in [-0.1, -0.05) is 19.1 Å². The van der Waals surface area contributed by atoms with Crippen LogP contribution in [-0.4, -0.2) is 56.6 Å². The van der Waals surface area contributed by atoms with E-state index in [1.54, 1.807) is 12.0 Å². The van der Waals surface area contributed by atoms with E-state index < -0.39 is 0 Å². The smallest absolute Gasteiger partial charge is 0.222 e. The van der Waals surface area contributed by atoms with Gasteiger partial charge in [-0.2, -0.15) is 0 Å². The number of carbonyl (C=O) groups excluding carboxylic acids is 1. The maximum atomic E-state index is 11.6. The lowest BCUT2D eigenvalue weighted by Gasteiger charge is -2.31. The van der Waals surface area contributed by atoms with Crippen molar-refractivity contribution in [3.63, 3.8) is 0 Å². The first-order valence-electron chi connectivity index (χ1n) is 9.46. The van der Waals surface area contributed by atoms with Gasteiger partial charge in [0.2, 0.25) is 5.91 Å². The molecule has 0 aliphatic carbocycles. The number of ether oxygens (including phenoxy) is 1. The van der Waals surface area contributed by atoms with Gasteiger partial charge in [-0.3, -0.25) is 9.79 Å². The number of nitrogens with one attached hydrogen (secondary N) is 2. The number of carbonyl (C=O) groups is 1. The third-order valence-corrected chi connectivity index (χ3v) is 4.83. The third-order valence-electron chi connectivity index (χ3n) is 4.83. The number of likely N-dealkylation sites (tertiary alicyclic amines) is 1. The molecular formula is C20H32N4O2. The summed E-state index contributed by atoms with van der Waals surface area (Å²) in [7, 11) is 3.54. The summed E-state index contributed by atoms with van der Waals surface area (Å²) in [6, 6.07) is 8.50. The molecule has 0 spiro atoms. The van der Waals surface area contributed by atoms with Crippen LogP contribution in [0.2, 0.25) is 0 Å². The Morgan fingerprint density at radius 1 is 1.38 bits per heavy atom. The summed E-state index contributed by atoms with van der Waals surface area (Å²) in [5.74, 6) is 2.37. The zero-order valence-electron chi connectivity index (χ0n) is 16.4. The number of amides is 1. The van der Waals surface area contributed by atoms with E-state index in [-0.39, 0.29) is 11.9 Å². The molecule has 2 N–H and O–H groups in total. The van der Waals surface area contributed by atoms with Crippen LogP contribution < -0.4 is 15.4 Å². The summed E-state index contributed by atoms with van der Waals surface area (Å²) in [6.07, 6.45) is 2.43. The highest BCUT2D eigenvalue weighted by Gasteiger charge is 2.23. The minimum atomic E-state index is 0.221. The highest BCUT2D eigenvalue weighted by atomic mass is 16.5. The van der Waals surface area contributed by atoms with Crippen molar-refractivity contribution in [3.8, 4) is 5.75 Å². The number of rotatable bonds is 7. The first kappa shape index (κ1) is 20.1. The maximum Gasteiger partial charge on any atom is 0.222 e. The molecule has 2 rings (SSSR count). The predicted octanol–water partition coefficient (Wildman–Crippen LogP) is 2.36. The van der Waals surface area contributed by atoms with Crippen LogP contribution >= 0.6 is 0 Å². The van der Waals surface area contributed by atoms with Gasteiger partial charge in [0.15, 0.2) is 5.96 Å². The van der Waals surface area contributed by atoms with Crippen molar-refractivity contribution >= 4 is 11.9 Å². The molecule has 26 heavy (non-hydrogen) atoms. The molecule has 1 aliphatic heterocycles. The molecule has 1 aromatic carbocycles. The van der Waals surface area contributed by atoms with Gasteiger partial charge >= 0.3 is 0 Å². The standard InChI is InChI=1S/C20H32N4O2/c1-5-21-20(23-17-8-11-19(25)24(3)14-17)22-13-12-15(2)16-6-9-18(26-4)10-7-16/h6-7,9-10,15,17H,5,8,11-14H2,1-4H3,(H2,21,22,23). The van der Waals surface area contributed by atoms with Crippen LogP contribution in [0.25, 0.3) is 0 Å². The maximum absolute atomic E-state index is 11.6. The average molecular weight is 361 g/mol. The molecule has 144 valence electrons. The van der Waals surface area contributed by atoms with Crippen molar-refractivity contribution in [2.75, 3.05) is 33.8 Å². The van der Waals surface area contributed by atoms with Crippen LogP contribution in [0.3, 0.4) is 0 Å². The highest BCUT2D eigenvalue weighted by Crippen LogP contribution is 2.21. The van der Waals surface area contributed by atoms with Gasteiger partial charge in [0.25, 0.3) is 0 Å². The molecule has 1 fully saturated rings. The topological polar surface area (TPSA) is 66.0 Å². The Morgan fingerprint density at radius 3 is 2.73 bits per heavy atom. The van der Waals surface area contributed by atoms with Crippen LogP contribution in [0.5, 0.6) is 5.75 Å². The molecule has 0 bridgehead atoms. The Labute approximate surface area is 157 Å². The fourth-order valence-electron chi connectivity index (χ4n) is 3.11. The van der Waals surface area contributed by atoms with Crippen LogP contribution in [0, 0.1) is 0 Å². The van der Waals surface area contributed by atoms with Gasteiger partial charge in [0.05, 0.1) is 7.11 Å². The number of likely N-dealkylation sites (N-methyl/N-ethyl adjacent to an activating group) is 1. The number of hydrogen-bond donors (Lipinski definition) is 2. The molecule has 1 saturated heterocycles. The Kier molecular flexibility index (Phi) is 7.75. The van der Waals surface area contributed by atoms with Crippen LogP contribution in [0.15, 0.2) is 29.3 Å². The zero-order valence-corrected chi connectivity index (χ0v) is 16.4. The Balaban J connectivity index is 1.86. The first-order valence-corrected chi connectivity index (χ1v) is 9.46. The van der Waals surface area contributed by atoms with E-state index in [2.05, 4.69) is 36.6 Å². The number of piperidine rings is 1. The van der Waals surface area contributed by atoms with Crippen LogP contribution in [-0.2, 0) is 4.79 Å². The lowest BCUT2D eigenvalue weighted by Crippen LogP contribution is -2.51. The van der Waals surface area contributed by atoms with Crippen molar-refractivity contribution in [3.05, 3.63) is 29.8 Å². The summed E-state index contributed by atoms with van der Waals surface area (Å²) in [4.78, 5) is 18.1. The summed E-state index contributed by atoms with van der Waals surface area (Å²) >= 11 is 0. The van der Waals surface area contributed by atoms with Gasteiger partial charge in [-0.25, -0.2) is 0 Å². The van der Waals surface area contributed by atoms with E-state index in [0.29, 0.717) is 12.3 Å². The molecule has 0 aromatic heterocycles. The molecule has 1 aromatic rings. The lowest BCUT2D eigenvalue weighted by atomic mass is 9.98. The first-order chi connectivity index (χ1) is 12.5. The van der Waals surface area contributed by atoms with Crippen molar-refractivity contribution in [1.82, 2.24) is 15.5 Å². The summed E-state index contributed by atoms with van der Waals surface area (Å²) < 4.78 is 5.21. The van der Waals surface area contributed by atoms with E-state index in [1.807, 2.05) is 19.2 Å². The molecule has 0 radical (unpaired) electrons. The van der Waals surface area contributed by atoms with Crippen molar-refractivity contribution < 1.29 is 9.53 Å². The van der Waals surface area contributed by atoms with Gasteiger partial charge < -0.3 is 20.3 Å².